The smallest absolute Gasteiger partial charge is 0.191 e. The molecule has 5 nitrogen and oxygen atoms in total. The zero-order valence-electron chi connectivity index (χ0n) is 16.2. The lowest BCUT2D eigenvalue weighted by molar-refractivity contribution is 0.200. The van der Waals surface area contributed by atoms with Gasteiger partial charge in [0.25, 0.3) is 0 Å². The number of nitrogens with two attached hydrogens (primary N) is 1. The Morgan fingerprint density at radius 1 is 1.15 bits per heavy atom. The zero-order chi connectivity index (χ0) is 17.6. The second-order valence-electron chi connectivity index (χ2n) is 7.60. The molecule has 2 unspecified atom stereocenters. The lowest BCUT2D eigenvalue weighted by Gasteiger charge is -2.39. The SMILES string of the molecule is CC1CCCN(C(N)=NCC(C)N2CCN(c3ccccc3)CC2)C1.I. The molecule has 0 amide bonds. The largest absolute Gasteiger partial charge is 0.370 e. The number of piperidine rings is 1. The summed E-state index contributed by atoms with van der Waals surface area (Å²) in [4.78, 5) is 12.0. The van der Waals surface area contributed by atoms with E-state index in [4.69, 9.17) is 10.7 Å². The van der Waals surface area contributed by atoms with E-state index in [1.54, 1.807) is 0 Å². The molecule has 3 rings (SSSR count). The molecule has 0 bridgehead atoms. The van der Waals surface area contributed by atoms with Crippen LogP contribution in [0.5, 0.6) is 0 Å². The van der Waals surface area contributed by atoms with E-state index in [-0.39, 0.29) is 24.0 Å². The van der Waals surface area contributed by atoms with Gasteiger partial charge in [-0.05, 0) is 37.8 Å². The van der Waals surface area contributed by atoms with Crippen LogP contribution in [0.2, 0.25) is 0 Å². The molecule has 2 aliphatic rings. The molecule has 1 aromatic carbocycles. The molecule has 6 heteroatoms. The third-order valence-corrected chi connectivity index (χ3v) is 5.56. The normalized spacial score (nSPS) is 23.5. The Labute approximate surface area is 175 Å². The van der Waals surface area contributed by atoms with E-state index in [0.29, 0.717) is 6.04 Å². The van der Waals surface area contributed by atoms with Gasteiger partial charge in [-0.2, -0.15) is 0 Å². The number of piperazine rings is 1. The molecule has 0 spiro atoms. The van der Waals surface area contributed by atoms with Crippen molar-refractivity contribution in [2.24, 2.45) is 16.6 Å². The molecule has 2 saturated heterocycles. The molecule has 2 atom stereocenters. The molecule has 0 saturated carbocycles. The summed E-state index contributed by atoms with van der Waals surface area (Å²) in [6, 6.07) is 11.1. The number of para-hydroxylation sites is 1. The van der Waals surface area contributed by atoms with Crippen molar-refractivity contribution >= 4 is 35.6 Å². The molecule has 2 aliphatic heterocycles. The van der Waals surface area contributed by atoms with E-state index in [1.165, 1.54) is 18.5 Å². The van der Waals surface area contributed by atoms with Crippen LogP contribution in [0.3, 0.4) is 0 Å². The second kappa shape index (κ2) is 10.3. The summed E-state index contributed by atoms with van der Waals surface area (Å²) >= 11 is 0. The fraction of sp³-hybridized carbons (Fsp3) is 0.650. The first kappa shape index (κ1) is 21.3. The number of rotatable bonds is 4. The first-order valence-corrected chi connectivity index (χ1v) is 9.72. The minimum Gasteiger partial charge on any atom is -0.370 e. The van der Waals surface area contributed by atoms with Crippen molar-refractivity contribution in [3.8, 4) is 0 Å². The molecule has 146 valence electrons. The third-order valence-electron chi connectivity index (χ3n) is 5.56. The quantitative estimate of drug-likeness (QED) is 0.417. The summed E-state index contributed by atoms with van der Waals surface area (Å²) < 4.78 is 0. The number of anilines is 1. The predicted molar refractivity (Wildman–Crippen MR) is 122 cm³/mol. The second-order valence-corrected chi connectivity index (χ2v) is 7.60. The summed E-state index contributed by atoms with van der Waals surface area (Å²) in [6.07, 6.45) is 2.54. The highest BCUT2D eigenvalue weighted by molar-refractivity contribution is 14.0. The Kier molecular flexibility index (Phi) is 8.47. The molecule has 26 heavy (non-hydrogen) atoms. The fourth-order valence-corrected chi connectivity index (χ4v) is 3.90. The van der Waals surface area contributed by atoms with Crippen LogP contribution >= 0.6 is 24.0 Å². The number of guanidine groups is 1. The highest BCUT2D eigenvalue weighted by atomic mass is 127. The zero-order valence-corrected chi connectivity index (χ0v) is 18.5. The van der Waals surface area contributed by atoms with Gasteiger partial charge in [0.1, 0.15) is 0 Å². The van der Waals surface area contributed by atoms with Crippen molar-refractivity contribution in [1.82, 2.24) is 9.80 Å². The highest BCUT2D eigenvalue weighted by Gasteiger charge is 2.22. The highest BCUT2D eigenvalue weighted by Crippen LogP contribution is 2.17. The van der Waals surface area contributed by atoms with Crippen molar-refractivity contribution in [1.29, 1.82) is 0 Å². The van der Waals surface area contributed by atoms with Crippen molar-refractivity contribution in [3.63, 3.8) is 0 Å². The Hall–Kier alpha value is -1.02. The van der Waals surface area contributed by atoms with Crippen LogP contribution in [0.25, 0.3) is 0 Å². The number of nitrogens with zero attached hydrogens (tertiary/aromatic N) is 4. The molecule has 0 aliphatic carbocycles. The van der Waals surface area contributed by atoms with Crippen LogP contribution in [0, 0.1) is 5.92 Å². The lowest BCUT2D eigenvalue weighted by atomic mass is 10.0. The maximum absolute atomic E-state index is 6.24. The van der Waals surface area contributed by atoms with Gasteiger partial charge in [-0.15, -0.1) is 24.0 Å². The van der Waals surface area contributed by atoms with Gasteiger partial charge in [0, 0.05) is 51.0 Å². The van der Waals surface area contributed by atoms with E-state index in [2.05, 4.69) is 58.9 Å². The van der Waals surface area contributed by atoms with E-state index in [1.807, 2.05) is 0 Å². The summed E-state index contributed by atoms with van der Waals surface area (Å²) in [5.41, 5.74) is 7.57. The number of aliphatic imine (C=N–C) groups is 1. The van der Waals surface area contributed by atoms with Gasteiger partial charge in [-0.25, -0.2) is 0 Å². The van der Waals surface area contributed by atoms with E-state index >= 15 is 0 Å². The average molecular weight is 471 g/mol. The maximum Gasteiger partial charge on any atom is 0.191 e. The van der Waals surface area contributed by atoms with Gasteiger partial charge in [-0.3, -0.25) is 9.89 Å². The van der Waals surface area contributed by atoms with Gasteiger partial charge in [0.05, 0.1) is 6.54 Å². The number of likely N-dealkylation sites (tertiary alicyclic amines) is 1. The Bertz CT molecular complexity index is 557. The number of benzene rings is 1. The van der Waals surface area contributed by atoms with Crippen LogP contribution in [-0.4, -0.2) is 67.6 Å². The monoisotopic (exact) mass is 471 g/mol. The van der Waals surface area contributed by atoms with Gasteiger partial charge < -0.3 is 15.5 Å². The van der Waals surface area contributed by atoms with Gasteiger partial charge >= 0.3 is 0 Å². The topological polar surface area (TPSA) is 48.1 Å². The van der Waals surface area contributed by atoms with Crippen molar-refractivity contribution in [3.05, 3.63) is 30.3 Å². The van der Waals surface area contributed by atoms with Crippen LogP contribution in [0.4, 0.5) is 5.69 Å². The summed E-state index contributed by atoms with van der Waals surface area (Å²) in [5, 5.41) is 0. The molecular weight excluding hydrogens is 437 g/mol. The van der Waals surface area contributed by atoms with Gasteiger partial charge in [-0.1, -0.05) is 25.1 Å². The minimum absolute atomic E-state index is 0. The van der Waals surface area contributed by atoms with Crippen LogP contribution in [0.15, 0.2) is 35.3 Å². The van der Waals surface area contributed by atoms with E-state index < -0.39 is 0 Å². The number of hydrogen-bond acceptors (Lipinski definition) is 3. The van der Waals surface area contributed by atoms with Crippen LogP contribution < -0.4 is 10.6 Å². The van der Waals surface area contributed by atoms with E-state index in [0.717, 1.165) is 57.7 Å². The van der Waals surface area contributed by atoms with Crippen LogP contribution in [-0.2, 0) is 0 Å². The molecule has 1 aromatic rings. The Morgan fingerprint density at radius 3 is 2.50 bits per heavy atom. The third kappa shape index (κ3) is 5.74. The Balaban J connectivity index is 0.00000243. The first-order valence-electron chi connectivity index (χ1n) is 9.72. The van der Waals surface area contributed by atoms with Crippen molar-refractivity contribution < 1.29 is 0 Å². The first-order chi connectivity index (χ1) is 12.1. The summed E-state index contributed by atoms with van der Waals surface area (Å²) in [7, 11) is 0. The number of halogens is 1. The number of hydrogen-bond donors (Lipinski definition) is 1. The lowest BCUT2D eigenvalue weighted by Crippen LogP contribution is -2.51. The molecule has 2 fully saturated rings. The molecule has 0 radical (unpaired) electrons. The molecule has 0 aromatic heterocycles. The summed E-state index contributed by atoms with van der Waals surface area (Å²) in [5.74, 6) is 1.47. The standard InChI is InChI=1S/C20H33N5.HI/c1-17-7-6-10-25(16-17)20(21)22-15-18(2)23-11-13-24(14-12-23)19-8-4-3-5-9-19;/h3-5,8-9,17-18H,6-7,10-16H2,1-2H3,(H2,21,22);1H. The van der Waals surface area contributed by atoms with Crippen molar-refractivity contribution in [2.45, 2.75) is 32.7 Å². The molecular formula is C20H34IN5. The van der Waals surface area contributed by atoms with Crippen LogP contribution in [0.1, 0.15) is 26.7 Å². The summed E-state index contributed by atoms with van der Waals surface area (Å²) in [6.45, 7) is 11.8. The van der Waals surface area contributed by atoms with Gasteiger partial charge in [0.2, 0.25) is 0 Å². The minimum atomic E-state index is 0. The fourth-order valence-electron chi connectivity index (χ4n) is 3.90. The Morgan fingerprint density at radius 2 is 1.85 bits per heavy atom. The maximum atomic E-state index is 6.24. The predicted octanol–water partition coefficient (Wildman–Crippen LogP) is 2.86. The van der Waals surface area contributed by atoms with Crippen molar-refractivity contribution in [2.75, 3.05) is 50.7 Å². The average Bonchev–Trinajstić information content (AvgIpc) is 2.66. The molecule has 2 N–H and O–H groups in total. The van der Waals surface area contributed by atoms with E-state index in [9.17, 15) is 0 Å². The van der Waals surface area contributed by atoms with Gasteiger partial charge in [0.15, 0.2) is 5.96 Å². The molecule has 2 heterocycles.